The molecule has 1 atom stereocenters. The zero-order chi connectivity index (χ0) is 13.8. The third-order valence-electron chi connectivity index (χ3n) is 2.99. The highest BCUT2D eigenvalue weighted by Gasteiger charge is 2.32. The number of hydrogen-bond acceptors (Lipinski definition) is 3. The molecule has 0 N–H and O–H groups in total. The zero-order valence-electron chi connectivity index (χ0n) is 9.95. The van der Waals surface area contributed by atoms with Crippen LogP contribution in [0.3, 0.4) is 0 Å². The molecule has 1 unspecified atom stereocenters. The number of nitrogens with zero attached hydrogens (tertiary/aromatic N) is 5. The molecule has 6 nitrogen and oxygen atoms in total. The SMILES string of the molecule is N#Cc1cccc(F)c1N1CC(CN=[N+]=[N-])CC1=O. The summed E-state index contributed by atoms with van der Waals surface area (Å²) >= 11 is 0. The lowest BCUT2D eigenvalue weighted by atomic mass is 10.1. The molecule has 1 aliphatic rings. The van der Waals surface area contributed by atoms with E-state index in [1.165, 1.54) is 23.1 Å². The van der Waals surface area contributed by atoms with E-state index in [2.05, 4.69) is 10.0 Å². The Morgan fingerprint density at radius 1 is 1.63 bits per heavy atom. The lowest BCUT2D eigenvalue weighted by molar-refractivity contribution is -0.117. The van der Waals surface area contributed by atoms with Crippen molar-refractivity contribution < 1.29 is 9.18 Å². The van der Waals surface area contributed by atoms with E-state index in [1.54, 1.807) is 0 Å². The lowest BCUT2D eigenvalue weighted by Crippen LogP contribution is -2.26. The molecule has 7 heteroatoms. The van der Waals surface area contributed by atoms with Gasteiger partial charge >= 0.3 is 0 Å². The van der Waals surface area contributed by atoms with Crippen molar-refractivity contribution in [2.45, 2.75) is 6.42 Å². The summed E-state index contributed by atoms with van der Waals surface area (Å²) in [7, 11) is 0. The first kappa shape index (κ1) is 12.9. The van der Waals surface area contributed by atoms with E-state index in [4.69, 9.17) is 10.8 Å². The van der Waals surface area contributed by atoms with Crippen molar-refractivity contribution in [1.82, 2.24) is 0 Å². The molecule has 0 saturated carbocycles. The summed E-state index contributed by atoms with van der Waals surface area (Å²) < 4.78 is 13.8. The Kier molecular flexibility index (Phi) is 3.64. The van der Waals surface area contributed by atoms with Crippen molar-refractivity contribution in [3.8, 4) is 6.07 Å². The van der Waals surface area contributed by atoms with Gasteiger partial charge in [0.05, 0.1) is 11.3 Å². The third-order valence-corrected chi connectivity index (χ3v) is 2.99. The molecule has 1 aromatic rings. The van der Waals surface area contributed by atoms with Crippen LogP contribution in [0.1, 0.15) is 12.0 Å². The smallest absolute Gasteiger partial charge is 0.227 e. The number of amides is 1. The summed E-state index contributed by atoms with van der Waals surface area (Å²) in [6, 6.07) is 5.98. The van der Waals surface area contributed by atoms with Crippen LogP contribution in [-0.4, -0.2) is 19.0 Å². The Morgan fingerprint density at radius 3 is 3.11 bits per heavy atom. The molecule has 0 bridgehead atoms. The van der Waals surface area contributed by atoms with E-state index < -0.39 is 5.82 Å². The van der Waals surface area contributed by atoms with Gasteiger partial charge in [-0.1, -0.05) is 11.2 Å². The molecule has 19 heavy (non-hydrogen) atoms. The number of azide groups is 1. The molecule has 0 aromatic heterocycles. The molecule has 1 fully saturated rings. The van der Waals surface area contributed by atoms with Gasteiger partial charge in [0.15, 0.2) is 0 Å². The van der Waals surface area contributed by atoms with Crippen LogP contribution in [0.15, 0.2) is 23.3 Å². The first-order valence-corrected chi connectivity index (χ1v) is 5.67. The van der Waals surface area contributed by atoms with Gasteiger partial charge in [-0.2, -0.15) is 5.26 Å². The fraction of sp³-hybridized carbons (Fsp3) is 0.333. The molecular formula is C12H10FN5O. The van der Waals surface area contributed by atoms with Crippen molar-refractivity contribution in [3.63, 3.8) is 0 Å². The highest BCUT2D eigenvalue weighted by atomic mass is 19.1. The minimum Gasteiger partial charge on any atom is -0.308 e. The van der Waals surface area contributed by atoms with Crippen molar-refractivity contribution in [3.05, 3.63) is 40.0 Å². The van der Waals surface area contributed by atoms with Gasteiger partial charge in [-0.15, -0.1) is 0 Å². The number of benzene rings is 1. The van der Waals surface area contributed by atoms with Crippen LogP contribution in [0, 0.1) is 23.1 Å². The van der Waals surface area contributed by atoms with Gasteiger partial charge in [-0.3, -0.25) is 4.79 Å². The number of halogens is 1. The predicted molar refractivity (Wildman–Crippen MR) is 65.6 cm³/mol. The summed E-state index contributed by atoms with van der Waals surface area (Å²) in [6.45, 7) is 0.447. The highest BCUT2D eigenvalue weighted by Crippen LogP contribution is 2.30. The van der Waals surface area contributed by atoms with Gasteiger partial charge in [0.25, 0.3) is 0 Å². The Bertz CT molecular complexity index is 603. The van der Waals surface area contributed by atoms with Crippen molar-refractivity contribution >= 4 is 11.6 Å². The summed E-state index contributed by atoms with van der Waals surface area (Å²) in [5.41, 5.74) is 8.39. The maximum atomic E-state index is 13.8. The van der Waals surface area contributed by atoms with E-state index in [1.807, 2.05) is 6.07 Å². The first-order valence-electron chi connectivity index (χ1n) is 5.67. The van der Waals surface area contributed by atoms with E-state index in [0.29, 0.717) is 0 Å². The number of rotatable bonds is 3. The van der Waals surface area contributed by atoms with Crippen molar-refractivity contribution in [2.24, 2.45) is 11.0 Å². The number of nitriles is 1. The lowest BCUT2D eigenvalue weighted by Gasteiger charge is -2.18. The molecule has 96 valence electrons. The molecule has 1 aliphatic heterocycles. The van der Waals surface area contributed by atoms with Gasteiger partial charge in [-0.05, 0) is 23.6 Å². The fourth-order valence-electron chi connectivity index (χ4n) is 2.15. The molecule has 1 amide bonds. The second-order valence-corrected chi connectivity index (χ2v) is 4.24. The van der Waals surface area contributed by atoms with Gasteiger partial charge in [0, 0.05) is 24.4 Å². The topological polar surface area (TPSA) is 92.9 Å². The standard InChI is InChI=1S/C12H10FN5O/c13-10-3-1-2-9(5-14)12(10)18-7-8(4-11(18)19)6-16-17-15/h1-3,8H,4,6-7H2. The monoisotopic (exact) mass is 259 g/mol. The molecule has 0 radical (unpaired) electrons. The molecule has 2 rings (SSSR count). The maximum Gasteiger partial charge on any atom is 0.227 e. The minimum atomic E-state index is -0.600. The van der Waals surface area contributed by atoms with E-state index in [-0.39, 0.29) is 42.6 Å². The average Bonchev–Trinajstić information content (AvgIpc) is 2.77. The average molecular weight is 259 g/mol. The number of para-hydroxylation sites is 1. The van der Waals surface area contributed by atoms with Crippen LogP contribution in [0.4, 0.5) is 10.1 Å². The van der Waals surface area contributed by atoms with E-state index in [9.17, 15) is 9.18 Å². The largest absolute Gasteiger partial charge is 0.308 e. The van der Waals surface area contributed by atoms with Gasteiger partial charge in [0.1, 0.15) is 11.9 Å². The van der Waals surface area contributed by atoms with E-state index >= 15 is 0 Å². The second kappa shape index (κ2) is 5.38. The zero-order valence-corrected chi connectivity index (χ0v) is 9.95. The van der Waals surface area contributed by atoms with Crippen LogP contribution < -0.4 is 4.90 Å². The molecule has 0 aliphatic carbocycles. The van der Waals surface area contributed by atoms with Crippen molar-refractivity contribution in [1.29, 1.82) is 5.26 Å². The van der Waals surface area contributed by atoms with Crippen LogP contribution in [0.25, 0.3) is 10.4 Å². The van der Waals surface area contributed by atoms with Gasteiger partial charge in [-0.25, -0.2) is 4.39 Å². The van der Waals surface area contributed by atoms with Gasteiger partial charge in [0.2, 0.25) is 5.91 Å². The Balaban J connectivity index is 2.31. The normalized spacial score (nSPS) is 18.0. The number of anilines is 1. The Labute approximate surface area is 108 Å². The third kappa shape index (κ3) is 2.49. The van der Waals surface area contributed by atoms with Crippen LogP contribution in [0.5, 0.6) is 0 Å². The Hall–Kier alpha value is -2.58. The molecule has 1 heterocycles. The summed E-state index contributed by atoms with van der Waals surface area (Å²) in [6.07, 6.45) is 0.193. The quantitative estimate of drug-likeness (QED) is 0.473. The van der Waals surface area contributed by atoms with Crippen LogP contribution in [-0.2, 0) is 4.79 Å². The predicted octanol–water partition coefficient (Wildman–Crippen LogP) is 2.36. The number of carbonyl (C=O) groups excluding carboxylic acids is 1. The number of hydrogen-bond donors (Lipinski definition) is 0. The molecule has 0 spiro atoms. The molecule has 1 saturated heterocycles. The van der Waals surface area contributed by atoms with Gasteiger partial charge < -0.3 is 4.90 Å². The summed E-state index contributed by atoms with van der Waals surface area (Å²) in [4.78, 5) is 15.8. The summed E-state index contributed by atoms with van der Waals surface area (Å²) in [5.74, 6) is -1.01. The van der Waals surface area contributed by atoms with Crippen LogP contribution in [0.2, 0.25) is 0 Å². The highest BCUT2D eigenvalue weighted by molar-refractivity contribution is 5.97. The molecular weight excluding hydrogens is 249 g/mol. The second-order valence-electron chi connectivity index (χ2n) is 4.24. The summed E-state index contributed by atoms with van der Waals surface area (Å²) in [5, 5.41) is 12.4. The van der Waals surface area contributed by atoms with E-state index in [0.717, 1.165) is 0 Å². The minimum absolute atomic E-state index is 0.0124. The van der Waals surface area contributed by atoms with Crippen LogP contribution >= 0.6 is 0 Å². The molecule has 1 aromatic carbocycles. The maximum absolute atomic E-state index is 13.8. The fourth-order valence-corrected chi connectivity index (χ4v) is 2.15. The first-order chi connectivity index (χ1) is 9.17. The number of carbonyl (C=O) groups is 1. The Morgan fingerprint density at radius 2 is 2.42 bits per heavy atom. The van der Waals surface area contributed by atoms with Crippen molar-refractivity contribution in [2.75, 3.05) is 18.0 Å².